The summed E-state index contributed by atoms with van der Waals surface area (Å²) in [5, 5.41) is 5.19. The molecule has 1 heterocycles. The van der Waals surface area contributed by atoms with Gasteiger partial charge in [-0.3, -0.25) is 9.59 Å². The third-order valence-corrected chi connectivity index (χ3v) is 4.10. The first-order chi connectivity index (χ1) is 12.0. The van der Waals surface area contributed by atoms with Gasteiger partial charge in [0, 0.05) is 30.7 Å². The largest absolute Gasteiger partial charge is 0.372 e. The van der Waals surface area contributed by atoms with E-state index >= 15 is 0 Å². The van der Waals surface area contributed by atoms with Crippen LogP contribution in [0.3, 0.4) is 0 Å². The molecule has 2 rings (SSSR count). The summed E-state index contributed by atoms with van der Waals surface area (Å²) in [5.74, 6) is -1.57. The van der Waals surface area contributed by atoms with Gasteiger partial charge in [0.1, 0.15) is 0 Å². The third-order valence-electron chi connectivity index (χ3n) is 3.80. The van der Waals surface area contributed by atoms with Crippen LogP contribution in [-0.2, 0) is 9.59 Å². The zero-order valence-corrected chi connectivity index (χ0v) is 15.2. The summed E-state index contributed by atoms with van der Waals surface area (Å²) in [5.41, 5.74) is 2.84. The van der Waals surface area contributed by atoms with Crippen molar-refractivity contribution in [3.63, 3.8) is 0 Å². The van der Waals surface area contributed by atoms with Crippen molar-refractivity contribution in [2.75, 3.05) is 28.6 Å². The Labute approximate surface area is 152 Å². The molecule has 6 nitrogen and oxygen atoms in total. The van der Waals surface area contributed by atoms with E-state index in [0.29, 0.717) is 5.69 Å². The van der Waals surface area contributed by atoms with Crippen LogP contribution in [0.15, 0.2) is 36.5 Å². The van der Waals surface area contributed by atoms with Crippen LogP contribution in [0.2, 0.25) is 5.15 Å². The first-order valence-corrected chi connectivity index (χ1v) is 8.42. The van der Waals surface area contributed by atoms with Crippen LogP contribution in [0.25, 0.3) is 0 Å². The van der Waals surface area contributed by atoms with Crippen LogP contribution in [0.5, 0.6) is 0 Å². The van der Waals surface area contributed by atoms with Crippen LogP contribution in [-0.4, -0.2) is 29.9 Å². The Kier molecular flexibility index (Phi) is 6.36. The van der Waals surface area contributed by atoms with Gasteiger partial charge in [-0.25, -0.2) is 4.98 Å². The predicted molar refractivity (Wildman–Crippen MR) is 101 cm³/mol. The van der Waals surface area contributed by atoms with Gasteiger partial charge >= 0.3 is 11.8 Å². The van der Waals surface area contributed by atoms with E-state index in [4.69, 9.17) is 11.6 Å². The molecular weight excluding hydrogens is 340 g/mol. The number of carbonyl (C=O) groups is 2. The van der Waals surface area contributed by atoms with E-state index in [1.54, 1.807) is 18.2 Å². The average molecular weight is 361 g/mol. The lowest BCUT2D eigenvalue weighted by Gasteiger charge is -2.22. The summed E-state index contributed by atoms with van der Waals surface area (Å²) in [6.45, 7) is 7.86. The maximum Gasteiger partial charge on any atom is 0.314 e. The van der Waals surface area contributed by atoms with E-state index in [0.717, 1.165) is 24.3 Å². The van der Waals surface area contributed by atoms with Crippen LogP contribution in [0, 0.1) is 6.92 Å². The topological polar surface area (TPSA) is 74.3 Å². The Hall–Kier alpha value is -2.60. The fourth-order valence-electron chi connectivity index (χ4n) is 2.41. The first-order valence-electron chi connectivity index (χ1n) is 8.04. The number of aromatic nitrogens is 1. The Morgan fingerprint density at radius 1 is 1.08 bits per heavy atom. The van der Waals surface area contributed by atoms with Crippen molar-refractivity contribution in [1.82, 2.24) is 4.98 Å². The number of anilines is 3. The van der Waals surface area contributed by atoms with Gasteiger partial charge in [0.25, 0.3) is 0 Å². The monoisotopic (exact) mass is 360 g/mol. The summed E-state index contributed by atoms with van der Waals surface area (Å²) in [6.07, 6.45) is 1.50. The zero-order valence-electron chi connectivity index (χ0n) is 14.5. The van der Waals surface area contributed by atoms with Crippen molar-refractivity contribution in [3.05, 3.63) is 47.2 Å². The molecule has 0 saturated heterocycles. The number of nitrogens with zero attached hydrogens (tertiary/aromatic N) is 2. The molecule has 0 fully saturated rings. The number of hydrogen-bond acceptors (Lipinski definition) is 4. The Morgan fingerprint density at radius 3 is 2.28 bits per heavy atom. The molecule has 0 saturated carbocycles. The fourth-order valence-corrected chi connectivity index (χ4v) is 2.58. The first kappa shape index (κ1) is 18.7. The summed E-state index contributed by atoms with van der Waals surface area (Å²) >= 11 is 5.87. The Bertz CT molecular complexity index is 775. The molecule has 7 heteroatoms. The highest BCUT2D eigenvalue weighted by Crippen LogP contribution is 2.23. The smallest absolute Gasteiger partial charge is 0.314 e. The molecule has 0 aliphatic carbocycles. The lowest BCUT2D eigenvalue weighted by Crippen LogP contribution is -2.29. The van der Waals surface area contributed by atoms with Crippen molar-refractivity contribution in [2.24, 2.45) is 0 Å². The van der Waals surface area contributed by atoms with Crippen molar-refractivity contribution in [3.8, 4) is 0 Å². The minimum Gasteiger partial charge on any atom is -0.372 e. The maximum absolute atomic E-state index is 12.1. The van der Waals surface area contributed by atoms with E-state index in [2.05, 4.69) is 34.4 Å². The van der Waals surface area contributed by atoms with Gasteiger partial charge in [-0.15, -0.1) is 0 Å². The molecule has 0 radical (unpaired) electrons. The van der Waals surface area contributed by atoms with E-state index in [9.17, 15) is 9.59 Å². The predicted octanol–water partition coefficient (Wildman–Crippen LogP) is 3.47. The number of amides is 2. The Morgan fingerprint density at radius 2 is 1.72 bits per heavy atom. The molecular formula is C18H21ClN4O2. The molecule has 0 spiro atoms. The molecule has 132 valence electrons. The summed E-state index contributed by atoms with van der Waals surface area (Å²) in [4.78, 5) is 30.2. The molecule has 0 aliphatic heterocycles. The van der Waals surface area contributed by atoms with Crippen LogP contribution >= 0.6 is 11.6 Å². The lowest BCUT2D eigenvalue weighted by atomic mass is 10.1. The normalized spacial score (nSPS) is 10.2. The summed E-state index contributed by atoms with van der Waals surface area (Å²) in [7, 11) is 0. The number of rotatable bonds is 5. The number of pyridine rings is 1. The SMILES string of the molecule is CCN(CC)c1ccc(NC(=O)C(=O)Nc2cccnc2Cl)c(C)c1. The molecule has 0 unspecified atom stereocenters. The molecule has 25 heavy (non-hydrogen) atoms. The van der Waals surface area contributed by atoms with Gasteiger partial charge in [0.15, 0.2) is 5.15 Å². The minimum atomic E-state index is -0.804. The van der Waals surface area contributed by atoms with Crippen LogP contribution in [0.4, 0.5) is 17.1 Å². The van der Waals surface area contributed by atoms with Crippen LogP contribution < -0.4 is 15.5 Å². The van der Waals surface area contributed by atoms with E-state index < -0.39 is 11.8 Å². The number of benzene rings is 1. The van der Waals surface area contributed by atoms with E-state index in [-0.39, 0.29) is 10.8 Å². The van der Waals surface area contributed by atoms with Gasteiger partial charge in [-0.1, -0.05) is 11.6 Å². The maximum atomic E-state index is 12.1. The van der Waals surface area contributed by atoms with E-state index in [1.165, 1.54) is 6.20 Å². The highest BCUT2D eigenvalue weighted by atomic mass is 35.5. The lowest BCUT2D eigenvalue weighted by molar-refractivity contribution is -0.133. The second-order valence-electron chi connectivity index (χ2n) is 5.42. The molecule has 1 aromatic carbocycles. The number of aryl methyl sites for hydroxylation is 1. The molecule has 0 aliphatic rings. The second kappa shape index (κ2) is 8.48. The molecule has 1 aromatic heterocycles. The number of carbonyl (C=O) groups excluding carboxylic acids is 2. The summed E-state index contributed by atoms with van der Waals surface area (Å²) in [6, 6.07) is 8.90. The molecule has 2 N–H and O–H groups in total. The van der Waals surface area contributed by atoms with Crippen molar-refractivity contribution >= 4 is 40.5 Å². The van der Waals surface area contributed by atoms with Gasteiger partial charge < -0.3 is 15.5 Å². The molecule has 0 atom stereocenters. The zero-order chi connectivity index (χ0) is 18.4. The minimum absolute atomic E-state index is 0.128. The van der Waals surface area contributed by atoms with E-state index in [1.807, 2.05) is 19.1 Å². The van der Waals surface area contributed by atoms with Crippen LogP contribution in [0.1, 0.15) is 19.4 Å². The van der Waals surface area contributed by atoms with Gasteiger partial charge in [0.2, 0.25) is 0 Å². The number of halogens is 1. The second-order valence-corrected chi connectivity index (χ2v) is 5.78. The fraction of sp³-hybridized carbons (Fsp3) is 0.278. The quantitative estimate of drug-likeness (QED) is 0.632. The standard InChI is InChI=1S/C18H21ClN4O2/c1-4-23(5-2)13-8-9-14(12(3)11-13)21-17(24)18(25)22-15-7-6-10-20-16(15)19/h6-11H,4-5H2,1-3H3,(H,21,24)(H,22,25). The molecule has 0 bridgehead atoms. The van der Waals surface area contributed by atoms with Crippen molar-refractivity contribution < 1.29 is 9.59 Å². The van der Waals surface area contributed by atoms with Gasteiger partial charge in [-0.2, -0.15) is 0 Å². The van der Waals surface area contributed by atoms with Gasteiger partial charge in [0.05, 0.1) is 5.69 Å². The third kappa shape index (κ3) is 4.70. The number of nitrogens with one attached hydrogen (secondary N) is 2. The number of hydrogen-bond donors (Lipinski definition) is 2. The molecule has 2 aromatic rings. The highest BCUT2D eigenvalue weighted by molar-refractivity contribution is 6.44. The van der Waals surface area contributed by atoms with Gasteiger partial charge in [-0.05, 0) is 56.7 Å². The average Bonchev–Trinajstić information content (AvgIpc) is 2.60. The summed E-state index contributed by atoms with van der Waals surface area (Å²) < 4.78 is 0. The molecule has 2 amide bonds. The van der Waals surface area contributed by atoms with Crippen molar-refractivity contribution in [1.29, 1.82) is 0 Å². The highest BCUT2D eigenvalue weighted by Gasteiger charge is 2.16. The Balaban J connectivity index is 2.07. The van der Waals surface area contributed by atoms with Crippen molar-refractivity contribution in [2.45, 2.75) is 20.8 Å².